The number of fused-ring (bicyclic) bond motifs is 1. The summed E-state index contributed by atoms with van der Waals surface area (Å²) in [6.07, 6.45) is 4.25. The molecule has 1 saturated carbocycles. The first-order chi connectivity index (χ1) is 18.0. The standard InChI is InChI=1S/C31H34N4O2/c1-35(2)29-21-30(34-28-14-7-6-13-27(28)29)32-23-15-17-24(18-16-23)33-31(36)20-22-9-8-12-26(19-22)37-25-10-4-3-5-11-25/h3-14,19,21,23-24H,15-18,20H2,1-2H3,(H,32,34)(H,33,36). The van der Waals surface area contributed by atoms with Crippen LogP contribution >= 0.6 is 0 Å². The van der Waals surface area contributed by atoms with Crippen molar-refractivity contribution in [3.8, 4) is 11.5 Å². The maximum Gasteiger partial charge on any atom is 0.224 e. The van der Waals surface area contributed by atoms with Gasteiger partial charge in [-0.15, -0.1) is 0 Å². The third-order valence-corrected chi connectivity index (χ3v) is 6.86. The molecule has 6 heteroatoms. The lowest BCUT2D eigenvalue weighted by atomic mass is 9.91. The number of nitrogens with one attached hydrogen (secondary N) is 2. The van der Waals surface area contributed by atoms with Gasteiger partial charge in [0.05, 0.1) is 11.9 Å². The van der Waals surface area contributed by atoms with Crippen LogP contribution in [0.3, 0.4) is 0 Å². The predicted molar refractivity (Wildman–Crippen MR) is 151 cm³/mol. The zero-order valence-corrected chi connectivity index (χ0v) is 21.5. The van der Waals surface area contributed by atoms with Crippen molar-refractivity contribution in [3.63, 3.8) is 0 Å². The van der Waals surface area contributed by atoms with Gasteiger partial charge in [-0.1, -0.05) is 48.5 Å². The number of rotatable bonds is 8. The Labute approximate surface area is 218 Å². The highest BCUT2D eigenvalue weighted by Crippen LogP contribution is 2.29. The molecule has 0 bridgehead atoms. The van der Waals surface area contributed by atoms with Gasteiger partial charge in [0.25, 0.3) is 0 Å². The Hall–Kier alpha value is -4.06. The van der Waals surface area contributed by atoms with Gasteiger partial charge < -0.3 is 20.3 Å². The minimum atomic E-state index is 0.0556. The molecule has 2 N–H and O–H groups in total. The summed E-state index contributed by atoms with van der Waals surface area (Å²) in [5.41, 5.74) is 3.10. The van der Waals surface area contributed by atoms with E-state index < -0.39 is 0 Å². The first-order valence-electron chi connectivity index (χ1n) is 13.0. The van der Waals surface area contributed by atoms with E-state index in [0.717, 1.165) is 65.2 Å². The molecular formula is C31H34N4O2. The summed E-state index contributed by atoms with van der Waals surface area (Å²) < 4.78 is 5.91. The van der Waals surface area contributed by atoms with E-state index in [0.29, 0.717) is 12.5 Å². The molecule has 1 heterocycles. The highest BCUT2D eigenvalue weighted by Gasteiger charge is 2.23. The molecule has 190 valence electrons. The molecule has 0 unspecified atom stereocenters. The van der Waals surface area contributed by atoms with Crippen LogP contribution < -0.4 is 20.3 Å². The predicted octanol–water partition coefficient (Wildman–Crippen LogP) is 6.18. The maximum absolute atomic E-state index is 12.8. The zero-order chi connectivity index (χ0) is 25.6. The van der Waals surface area contributed by atoms with Crippen LogP contribution in [0.2, 0.25) is 0 Å². The van der Waals surface area contributed by atoms with E-state index in [-0.39, 0.29) is 11.9 Å². The van der Waals surface area contributed by atoms with Crippen molar-refractivity contribution < 1.29 is 9.53 Å². The second-order valence-electron chi connectivity index (χ2n) is 9.94. The molecule has 0 spiro atoms. The molecule has 0 saturated heterocycles. The summed E-state index contributed by atoms with van der Waals surface area (Å²) in [6.45, 7) is 0. The number of aromatic nitrogens is 1. The highest BCUT2D eigenvalue weighted by molar-refractivity contribution is 5.93. The fourth-order valence-electron chi connectivity index (χ4n) is 5.00. The molecule has 0 radical (unpaired) electrons. The van der Waals surface area contributed by atoms with Crippen LogP contribution in [-0.4, -0.2) is 37.1 Å². The van der Waals surface area contributed by atoms with Crippen LogP contribution in [-0.2, 0) is 11.2 Å². The topological polar surface area (TPSA) is 66.5 Å². The molecule has 37 heavy (non-hydrogen) atoms. The van der Waals surface area contributed by atoms with Crippen molar-refractivity contribution in [2.45, 2.75) is 44.2 Å². The Balaban J connectivity index is 1.13. The lowest BCUT2D eigenvalue weighted by Crippen LogP contribution is -2.40. The molecule has 1 aromatic heterocycles. The van der Waals surface area contributed by atoms with E-state index in [4.69, 9.17) is 9.72 Å². The fraction of sp³-hybridized carbons (Fsp3) is 0.290. The van der Waals surface area contributed by atoms with Gasteiger partial charge in [0.2, 0.25) is 5.91 Å². The quantitative estimate of drug-likeness (QED) is 0.306. The maximum atomic E-state index is 12.8. The van der Waals surface area contributed by atoms with Gasteiger partial charge in [0.15, 0.2) is 0 Å². The first kappa shape index (κ1) is 24.6. The van der Waals surface area contributed by atoms with Gasteiger partial charge in [-0.2, -0.15) is 0 Å². The largest absolute Gasteiger partial charge is 0.457 e. The van der Waals surface area contributed by atoms with Gasteiger partial charge in [0.1, 0.15) is 17.3 Å². The van der Waals surface area contributed by atoms with Gasteiger partial charge in [-0.3, -0.25) is 4.79 Å². The van der Waals surface area contributed by atoms with Crippen molar-refractivity contribution in [2.75, 3.05) is 24.3 Å². The van der Waals surface area contributed by atoms with Gasteiger partial charge in [-0.25, -0.2) is 4.98 Å². The van der Waals surface area contributed by atoms with E-state index in [9.17, 15) is 4.79 Å². The SMILES string of the molecule is CN(C)c1cc(NC2CCC(NC(=O)Cc3cccc(Oc4ccccc4)c3)CC2)nc2ccccc12. The number of para-hydroxylation sites is 2. The molecule has 6 nitrogen and oxygen atoms in total. The second kappa shape index (κ2) is 11.3. The van der Waals surface area contributed by atoms with Crippen LogP contribution in [0.5, 0.6) is 11.5 Å². The number of pyridine rings is 1. The lowest BCUT2D eigenvalue weighted by Gasteiger charge is -2.30. The Morgan fingerprint density at radius 1 is 0.865 bits per heavy atom. The van der Waals surface area contributed by atoms with Crippen molar-refractivity contribution in [3.05, 3.63) is 90.5 Å². The summed E-state index contributed by atoms with van der Waals surface area (Å²) in [7, 11) is 4.12. The normalized spacial score (nSPS) is 17.2. The molecule has 1 aliphatic carbocycles. The molecule has 1 amide bonds. The highest BCUT2D eigenvalue weighted by atomic mass is 16.5. The average molecular weight is 495 g/mol. The van der Waals surface area contributed by atoms with Crippen LogP contribution in [0.1, 0.15) is 31.2 Å². The number of benzene rings is 3. The molecule has 1 aliphatic rings. The van der Waals surface area contributed by atoms with E-state index in [1.54, 1.807) is 0 Å². The van der Waals surface area contributed by atoms with E-state index in [1.165, 1.54) is 0 Å². The number of carbonyl (C=O) groups is 1. The van der Waals surface area contributed by atoms with E-state index in [2.05, 4.69) is 53.9 Å². The van der Waals surface area contributed by atoms with Crippen molar-refractivity contribution >= 4 is 28.3 Å². The number of carbonyl (C=O) groups excluding carboxylic acids is 1. The van der Waals surface area contributed by atoms with Gasteiger partial charge >= 0.3 is 0 Å². The number of amides is 1. The summed E-state index contributed by atoms with van der Waals surface area (Å²) in [4.78, 5) is 19.7. The van der Waals surface area contributed by atoms with Crippen LogP contribution in [0.15, 0.2) is 84.9 Å². The Morgan fingerprint density at radius 3 is 2.35 bits per heavy atom. The van der Waals surface area contributed by atoms with Gasteiger partial charge in [-0.05, 0) is 61.6 Å². The molecule has 5 rings (SSSR count). The number of hydrogen-bond donors (Lipinski definition) is 2. The second-order valence-corrected chi connectivity index (χ2v) is 9.94. The lowest BCUT2D eigenvalue weighted by molar-refractivity contribution is -0.121. The van der Waals surface area contributed by atoms with Crippen molar-refractivity contribution in [2.24, 2.45) is 0 Å². The Kier molecular flexibility index (Phi) is 7.54. The number of nitrogens with zero attached hydrogens (tertiary/aromatic N) is 2. The minimum absolute atomic E-state index is 0.0556. The number of hydrogen-bond acceptors (Lipinski definition) is 5. The smallest absolute Gasteiger partial charge is 0.224 e. The van der Waals surface area contributed by atoms with Crippen molar-refractivity contribution in [1.29, 1.82) is 0 Å². The van der Waals surface area contributed by atoms with Gasteiger partial charge in [0, 0.05) is 43.3 Å². The molecule has 1 fully saturated rings. The number of ether oxygens (including phenoxy) is 1. The van der Waals surface area contributed by atoms with E-state index in [1.807, 2.05) is 60.7 Å². The fourth-order valence-corrected chi connectivity index (χ4v) is 5.00. The Morgan fingerprint density at radius 2 is 1.57 bits per heavy atom. The van der Waals surface area contributed by atoms with Crippen LogP contribution in [0.25, 0.3) is 10.9 Å². The average Bonchev–Trinajstić information content (AvgIpc) is 2.90. The van der Waals surface area contributed by atoms with Crippen LogP contribution in [0.4, 0.5) is 11.5 Å². The summed E-state index contributed by atoms with van der Waals surface area (Å²) in [5, 5.41) is 8.04. The summed E-state index contributed by atoms with van der Waals surface area (Å²) in [5.74, 6) is 2.49. The summed E-state index contributed by atoms with van der Waals surface area (Å²) in [6, 6.07) is 28.4. The minimum Gasteiger partial charge on any atom is -0.457 e. The summed E-state index contributed by atoms with van der Waals surface area (Å²) >= 11 is 0. The molecule has 3 aromatic carbocycles. The Bertz CT molecular complexity index is 1350. The third kappa shape index (κ3) is 6.39. The monoisotopic (exact) mass is 494 g/mol. The van der Waals surface area contributed by atoms with E-state index >= 15 is 0 Å². The molecule has 0 aliphatic heterocycles. The first-order valence-corrected chi connectivity index (χ1v) is 13.0. The molecular weight excluding hydrogens is 460 g/mol. The van der Waals surface area contributed by atoms with Crippen molar-refractivity contribution in [1.82, 2.24) is 10.3 Å². The van der Waals surface area contributed by atoms with Crippen LogP contribution in [0, 0.1) is 0 Å². The third-order valence-electron chi connectivity index (χ3n) is 6.86. The number of anilines is 2. The molecule has 4 aromatic rings. The molecule has 0 atom stereocenters. The zero-order valence-electron chi connectivity index (χ0n) is 21.5.